The van der Waals surface area contributed by atoms with E-state index >= 15 is 0 Å². The molecule has 0 aliphatic rings. The molecule has 0 unspecified atom stereocenters. The molecule has 0 saturated heterocycles. The molecule has 0 radical (unpaired) electrons. The summed E-state index contributed by atoms with van der Waals surface area (Å²) in [7, 11) is 0. The lowest BCUT2D eigenvalue weighted by Crippen LogP contribution is -2.18. The predicted octanol–water partition coefficient (Wildman–Crippen LogP) is 4.86. The van der Waals surface area contributed by atoms with Crippen molar-refractivity contribution >= 4 is 0 Å². The van der Waals surface area contributed by atoms with Crippen LogP contribution in [0.5, 0.6) is 0 Å². The van der Waals surface area contributed by atoms with Gasteiger partial charge in [0.25, 0.3) is 0 Å². The summed E-state index contributed by atoms with van der Waals surface area (Å²) in [5.74, 6) is 0. The van der Waals surface area contributed by atoms with Gasteiger partial charge in [-0.1, -0.05) is 64.3 Å². The highest BCUT2D eigenvalue weighted by atomic mass is 16.7. The Hall–Kier alpha value is -0.600. The molecule has 0 atom stereocenters. The maximum absolute atomic E-state index is 5.76. The molecule has 0 aromatic rings. The maximum atomic E-state index is 5.76. The van der Waals surface area contributed by atoms with Crippen LogP contribution >= 0.6 is 0 Å². The van der Waals surface area contributed by atoms with E-state index in [9.17, 15) is 0 Å². The number of unbranched alkanes of at least 4 members (excludes halogenated alkanes) is 4. The SMILES string of the molecule is C=C/C=C\CC(OCCCCC)OCCCCC. The van der Waals surface area contributed by atoms with E-state index in [1.807, 2.05) is 6.08 Å². The first kappa shape index (κ1) is 17.4. The Morgan fingerprint density at radius 1 is 0.944 bits per heavy atom. The van der Waals surface area contributed by atoms with Gasteiger partial charge in [-0.3, -0.25) is 0 Å². The van der Waals surface area contributed by atoms with E-state index in [-0.39, 0.29) is 6.29 Å². The average molecular weight is 254 g/mol. The highest BCUT2D eigenvalue weighted by Crippen LogP contribution is 2.07. The van der Waals surface area contributed by atoms with Crippen molar-refractivity contribution in [2.24, 2.45) is 0 Å². The summed E-state index contributed by atoms with van der Waals surface area (Å²) in [6.07, 6.45) is 13.6. The van der Waals surface area contributed by atoms with Crippen molar-refractivity contribution < 1.29 is 9.47 Å². The fourth-order valence-corrected chi connectivity index (χ4v) is 1.60. The summed E-state index contributed by atoms with van der Waals surface area (Å²) in [5, 5.41) is 0. The molecule has 0 saturated carbocycles. The van der Waals surface area contributed by atoms with Gasteiger partial charge in [-0.15, -0.1) is 0 Å². The molecule has 0 spiro atoms. The highest BCUT2D eigenvalue weighted by molar-refractivity contribution is 4.97. The van der Waals surface area contributed by atoms with E-state index in [2.05, 4.69) is 26.5 Å². The van der Waals surface area contributed by atoms with E-state index < -0.39 is 0 Å². The van der Waals surface area contributed by atoms with Crippen molar-refractivity contribution in [2.75, 3.05) is 13.2 Å². The number of rotatable bonds is 13. The third kappa shape index (κ3) is 11.9. The largest absolute Gasteiger partial charge is 0.352 e. The molecular formula is C16H30O2. The molecule has 0 fully saturated rings. The van der Waals surface area contributed by atoms with Crippen LogP contribution in [0.1, 0.15) is 58.8 Å². The van der Waals surface area contributed by atoms with E-state index in [0.29, 0.717) is 0 Å². The van der Waals surface area contributed by atoms with Gasteiger partial charge in [0.05, 0.1) is 0 Å². The van der Waals surface area contributed by atoms with Crippen LogP contribution in [-0.4, -0.2) is 19.5 Å². The van der Waals surface area contributed by atoms with Crippen molar-refractivity contribution in [1.82, 2.24) is 0 Å². The van der Waals surface area contributed by atoms with Gasteiger partial charge in [-0.2, -0.15) is 0 Å². The van der Waals surface area contributed by atoms with Crippen LogP contribution in [0.15, 0.2) is 24.8 Å². The lowest BCUT2D eigenvalue weighted by Gasteiger charge is -2.17. The zero-order chi connectivity index (χ0) is 13.5. The third-order valence-corrected chi connectivity index (χ3v) is 2.70. The van der Waals surface area contributed by atoms with Crippen LogP contribution < -0.4 is 0 Å². The number of hydrogen-bond acceptors (Lipinski definition) is 2. The summed E-state index contributed by atoms with van der Waals surface area (Å²) in [4.78, 5) is 0. The van der Waals surface area contributed by atoms with Crippen molar-refractivity contribution in [3.8, 4) is 0 Å². The zero-order valence-corrected chi connectivity index (χ0v) is 12.2. The molecule has 0 rings (SSSR count). The molecule has 106 valence electrons. The van der Waals surface area contributed by atoms with Crippen molar-refractivity contribution in [2.45, 2.75) is 65.1 Å². The summed E-state index contributed by atoms with van der Waals surface area (Å²) in [6.45, 7) is 9.66. The Balaban J connectivity index is 3.76. The minimum absolute atomic E-state index is 0.0880. The van der Waals surface area contributed by atoms with Crippen LogP contribution in [0.4, 0.5) is 0 Å². The van der Waals surface area contributed by atoms with Crippen LogP contribution in [0.2, 0.25) is 0 Å². The summed E-state index contributed by atoms with van der Waals surface area (Å²) < 4.78 is 11.5. The molecule has 0 aromatic heterocycles. The lowest BCUT2D eigenvalue weighted by atomic mass is 10.2. The van der Waals surface area contributed by atoms with E-state index in [1.165, 1.54) is 25.7 Å². The van der Waals surface area contributed by atoms with Gasteiger partial charge in [0.1, 0.15) is 0 Å². The minimum Gasteiger partial charge on any atom is -0.352 e. The minimum atomic E-state index is -0.0880. The first-order valence-corrected chi connectivity index (χ1v) is 7.35. The van der Waals surface area contributed by atoms with Gasteiger partial charge in [0.2, 0.25) is 0 Å². The summed E-state index contributed by atoms with van der Waals surface area (Å²) in [6, 6.07) is 0. The Bertz CT molecular complexity index is 187. The Kier molecular flexibility index (Phi) is 14.0. The van der Waals surface area contributed by atoms with Crippen LogP contribution in [-0.2, 0) is 9.47 Å². The first-order valence-electron chi connectivity index (χ1n) is 7.35. The Morgan fingerprint density at radius 3 is 1.94 bits per heavy atom. The molecule has 0 aliphatic carbocycles. The molecule has 0 bridgehead atoms. The second kappa shape index (κ2) is 14.5. The molecule has 18 heavy (non-hydrogen) atoms. The molecular weight excluding hydrogens is 224 g/mol. The quantitative estimate of drug-likeness (QED) is 0.265. The second-order valence-corrected chi connectivity index (χ2v) is 4.48. The van der Waals surface area contributed by atoms with Gasteiger partial charge >= 0.3 is 0 Å². The van der Waals surface area contributed by atoms with E-state index in [4.69, 9.17) is 9.47 Å². The average Bonchev–Trinajstić information content (AvgIpc) is 2.39. The number of allylic oxidation sites excluding steroid dienone is 2. The summed E-state index contributed by atoms with van der Waals surface area (Å²) >= 11 is 0. The Morgan fingerprint density at radius 2 is 1.50 bits per heavy atom. The Labute approximate surface area is 113 Å². The molecule has 0 aliphatic heterocycles. The fourth-order valence-electron chi connectivity index (χ4n) is 1.60. The van der Waals surface area contributed by atoms with Crippen LogP contribution in [0.25, 0.3) is 0 Å². The molecule has 2 heteroatoms. The van der Waals surface area contributed by atoms with Gasteiger partial charge in [-0.25, -0.2) is 0 Å². The molecule has 0 aromatic carbocycles. The van der Waals surface area contributed by atoms with Gasteiger partial charge < -0.3 is 9.47 Å². The van der Waals surface area contributed by atoms with E-state index in [0.717, 1.165) is 32.5 Å². The number of hydrogen-bond donors (Lipinski definition) is 0. The molecule has 0 N–H and O–H groups in total. The zero-order valence-electron chi connectivity index (χ0n) is 12.2. The van der Waals surface area contributed by atoms with Gasteiger partial charge in [0.15, 0.2) is 6.29 Å². The highest BCUT2D eigenvalue weighted by Gasteiger charge is 2.06. The number of ether oxygens (including phenoxy) is 2. The topological polar surface area (TPSA) is 18.5 Å². The van der Waals surface area contributed by atoms with Crippen molar-refractivity contribution in [1.29, 1.82) is 0 Å². The van der Waals surface area contributed by atoms with Crippen LogP contribution in [0.3, 0.4) is 0 Å². The first-order chi connectivity index (χ1) is 8.85. The van der Waals surface area contributed by atoms with Crippen LogP contribution in [0, 0.1) is 0 Å². The third-order valence-electron chi connectivity index (χ3n) is 2.70. The van der Waals surface area contributed by atoms with Crippen molar-refractivity contribution in [3.05, 3.63) is 24.8 Å². The molecule has 2 nitrogen and oxygen atoms in total. The fraction of sp³-hybridized carbons (Fsp3) is 0.750. The van der Waals surface area contributed by atoms with Crippen molar-refractivity contribution in [3.63, 3.8) is 0 Å². The monoisotopic (exact) mass is 254 g/mol. The smallest absolute Gasteiger partial charge is 0.160 e. The molecule has 0 heterocycles. The summed E-state index contributed by atoms with van der Waals surface area (Å²) in [5.41, 5.74) is 0. The predicted molar refractivity (Wildman–Crippen MR) is 78.7 cm³/mol. The van der Waals surface area contributed by atoms with Gasteiger partial charge in [-0.05, 0) is 12.8 Å². The second-order valence-electron chi connectivity index (χ2n) is 4.48. The lowest BCUT2D eigenvalue weighted by molar-refractivity contribution is -0.141. The normalized spacial score (nSPS) is 11.5. The van der Waals surface area contributed by atoms with E-state index in [1.54, 1.807) is 6.08 Å². The molecule has 0 amide bonds. The maximum Gasteiger partial charge on any atom is 0.160 e. The standard InChI is InChI=1S/C16H30O2/c1-4-7-10-13-16(17-14-11-8-5-2)18-15-12-9-6-3/h4,7,10,16H,1,5-6,8-9,11-15H2,2-3H3/b10-7-. The van der Waals surface area contributed by atoms with Gasteiger partial charge in [0, 0.05) is 19.6 Å².